The molecule has 7 nitrogen and oxygen atoms in total. The van der Waals surface area contributed by atoms with E-state index in [4.69, 9.17) is 28.6 Å². The van der Waals surface area contributed by atoms with Crippen LogP contribution in [0.25, 0.3) is 0 Å². The first-order valence-corrected chi connectivity index (χ1v) is 8.83. The van der Waals surface area contributed by atoms with Crippen LogP contribution in [0.15, 0.2) is 0 Å². The van der Waals surface area contributed by atoms with Crippen molar-refractivity contribution in [1.82, 2.24) is 0 Å². The van der Waals surface area contributed by atoms with Gasteiger partial charge in [-0.25, -0.2) is 9.36 Å². The molecule has 0 aromatic carbocycles. The lowest BCUT2D eigenvalue weighted by Crippen LogP contribution is -2.03. The first kappa shape index (κ1) is 22.7. The zero-order chi connectivity index (χ0) is 16.6. The van der Waals surface area contributed by atoms with Gasteiger partial charge in [0.1, 0.15) is 0 Å². The van der Waals surface area contributed by atoms with Gasteiger partial charge in [0.15, 0.2) is 0 Å². The highest BCUT2D eigenvalue weighted by molar-refractivity contribution is 7.48. The summed E-state index contributed by atoms with van der Waals surface area (Å²) in [7, 11) is -3.31. The normalized spacial score (nSPS) is 10.8. The van der Waals surface area contributed by atoms with Gasteiger partial charge in [0.25, 0.3) is 0 Å². The summed E-state index contributed by atoms with van der Waals surface area (Å²) in [6, 6.07) is 0. The fourth-order valence-electron chi connectivity index (χ4n) is 1.07. The molecule has 128 valence electrons. The number of unbranched alkanes of at least 4 members (excludes halogenated alkanes) is 3. The van der Waals surface area contributed by atoms with Crippen molar-refractivity contribution in [3.05, 3.63) is 0 Å². The second-order valence-electron chi connectivity index (χ2n) is 4.29. The molecule has 0 rings (SSSR count). The van der Waals surface area contributed by atoms with Crippen LogP contribution < -0.4 is 0 Å². The second-order valence-corrected chi connectivity index (χ2v) is 5.96. The Kier molecular flexibility index (Phi) is 17.0. The first-order chi connectivity index (χ1) is 9.91. The van der Waals surface area contributed by atoms with E-state index in [0.717, 1.165) is 38.5 Å². The molecular weight excluding hydrogens is 299 g/mol. The molecule has 2 N–H and O–H groups in total. The van der Waals surface area contributed by atoms with Crippen molar-refractivity contribution < 1.29 is 33.1 Å². The van der Waals surface area contributed by atoms with E-state index in [-0.39, 0.29) is 0 Å². The predicted molar refractivity (Wildman–Crippen MR) is 80.8 cm³/mol. The minimum atomic E-state index is -3.31. The number of carboxylic acid groups (broad SMARTS) is 2. The van der Waals surface area contributed by atoms with Crippen LogP contribution in [0.4, 0.5) is 4.79 Å². The molecule has 21 heavy (non-hydrogen) atoms. The maximum atomic E-state index is 12.2. The molecule has 0 aliphatic rings. The lowest BCUT2D eigenvalue weighted by atomic mass is 10.4. The molecule has 0 unspecified atom stereocenters. The molecule has 8 heteroatoms. The Labute approximate surface area is 127 Å². The number of hydrogen-bond donors (Lipinski definition) is 2. The molecule has 0 aliphatic heterocycles. The van der Waals surface area contributed by atoms with Gasteiger partial charge in [-0.2, -0.15) is 0 Å². The fourth-order valence-corrected chi connectivity index (χ4v) is 2.36. The average Bonchev–Trinajstić information content (AvgIpc) is 2.39. The van der Waals surface area contributed by atoms with Gasteiger partial charge in [0, 0.05) is 0 Å². The van der Waals surface area contributed by atoms with Crippen LogP contribution in [0.1, 0.15) is 59.3 Å². The third-order valence-corrected chi connectivity index (χ3v) is 3.74. The van der Waals surface area contributed by atoms with E-state index in [2.05, 4.69) is 20.8 Å². The van der Waals surface area contributed by atoms with Gasteiger partial charge < -0.3 is 10.2 Å². The van der Waals surface area contributed by atoms with E-state index in [0.29, 0.717) is 19.8 Å². The molecule has 0 aliphatic carbocycles. The Hall–Kier alpha value is -0.620. The summed E-state index contributed by atoms with van der Waals surface area (Å²) in [6.45, 7) is 7.49. The Morgan fingerprint density at radius 1 is 0.810 bits per heavy atom. The van der Waals surface area contributed by atoms with Gasteiger partial charge in [-0.15, -0.1) is 0 Å². The summed E-state index contributed by atoms with van der Waals surface area (Å²) in [6.07, 6.45) is 3.80. The molecule has 0 spiro atoms. The van der Waals surface area contributed by atoms with Crippen LogP contribution in [0, 0.1) is 0 Å². The van der Waals surface area contributed by atoms with Crippen molar-refractivity contribution in [2.75, 3.05) is 19.8 Å². The van der Waals surface area contributed by atoms with Crippen molar-refractivity contribution in [1.29, 1.82) is 0 Å². The Morgan fingerprint density at radius 3 is 1.24 bits per heavy atom. The van der Waals surface area contributed by atoms with Crippen molar-refractivity contribution in [3.63, 3.8) is 0 Å². The third kappa shape index (κ3) is 19.4. The van der Waals surface area contributed by atoms with Crippen LogP contribution >= 0.6 is 7.82 Å². The van der Waals surface area contributed by atoms with Crippen molar-refractivity contribution >= 4 is 14.0 Å². The van der Waals surface area contributed by atoms with E-state index in [1.54, 1.807) is 0 Å². The third-order valence-electron chi connectivity index (χ3n) is 2.24. The van der Waals surface area contributed by atoms with Gasteiger partial charge in [-0.1, -0.05) is 40.0 Å². The molecule has 0 atom stereocenters. The SMILES string of the molecule is CCCCOP(=O)(OCCCC)OCCCC.O=C(O)O. The Balaban J connectivity index is 0. The maximum Gasteiger partial charge on any atom is 0.503 e. The largest absolute Gasteiger partial charge is 0.503 e. The zero-order valence-corrected chi connectivity index (χ0v) is 14.1. The maximum absolute atomic E-state index is 12.2. The molecule has 0 saturated heterocycles. The molecule has 0 aromatic heterocycles. The molecule has 0 bridgehead atoms. The number of phosphoric ester groups is 1. The van der Waals surface area contributed by atoms with Crippen molar-refractivity contribution in [3.8, 4) is 0 Å². The lowest BCUT2D eigenvalue weighted by Gasteiger charge is -2.17. The van der Waals surface area contributed by atoms with Gasteiger partial charge in [-0.3, -0.25) is 13.6 Å². The van der Waals surface area contributed by atoms with Crippen LogP contribution in [-0.4, -0.2) is 36.2 Å². The fraction of sp³-hybridized carbons (Fsp3) is 0.923. The number of carbonyl (C=O) groups is 1. The quantitative estimate of drug-likeness (QED) is 0.393. The van der Waals surface area contributed by atoms with Gasteiger partial charge in [-0.05, 0) is 19.3 Å². The Bertz CT molecular complexity index is 246. The summed E-state index contributed by atoms with van der Waals surface area (Å²) in [5.74, 6) is 0. The highest BCUT2D eigenvalue weighted by Gasteiger charge is 2.25. The number of hydrogen-bond acceptors (Lipinski definition) is 5. The topological polar surface area (TPSA) is 102 Å². The minimum Gasteiger partial charge on any atom is -0.450 e. The molecule has 0 amide bonds. The summed E-state index contributed by atoms with van der Waals surface area (Å²) < 4.78 is 28.0. The molecule has 0 radical (unpaired) electrons. The van der Waals surface area contributed by atoms with E-state index in [9.17, 15) is 4.57 Å². The molecule has 0 saturated carbocycles. The average molecular weight is 328 g/mol. The number of phosphoric acid groups is 1. The predicted octanol–water partition coefficient (Wildman–Crippen LogP) is 4.77. The highest BCUT2D eigenvalue weighted by atomic mass is 31.2. The Morgan fingerprint density at radius 2 is 1.05 bits per heavy atom. The second kappa shape index (κ2) is 15.8. The van der Waals surface area contributed by atoms with Gasteiger partial charge in [0.05, 0.1) is 19.8 Å². The van der Waals surface area contributed by atoms with Crippen LogP contribution in [0.3, 0.4) is 0 Å². The first-order valence-electron chi connectivity index (χ1n) is 7.37. The van der Waals surface area contributed by atoms with Crippen molar-refractivity contribution in [2.45, 2.75) is 59.3 Å². The van der Waals surface area contributed by atoms with Crippen LogP contribution in [-0.2, 0) is 18.1 Å². The summed E-state index contributed by atoms with van der Waals surface area (Å²) >= 11 is 0. The lowest BCUT2D eigenvalue weighted by molar-refractivity contribution is 0.110. The molecule has 0 aromatic rings. The summed E-state index contributed by atoms with van der Waals surface area (Å²) in [5.41, 5.74) is 0. The highest BCUT2D eigenvalue weighted by Crippen LogP contribution is 2.49. The summed E-state index contributed by atoms with van der Waals surface area (Å²) in [5, 5.41) is 13.9. The number of rotatable bonds is 12. The van der Waals surface area contributed by atoms with Gasteiger partial charge >= 0.3 is 14.0 Å². The van der Waals surface area contributed by atoms with Crippen molar-refractivity contribution in [2.24, 2.45) is 0 Å². The van der Waals surface area contributed by atoms with E-state index < -0.39 is 14.0 Å². The van der Waals surface area contributed by atoms with E-state index >= 15 is 0 Å². The van der Waals surface area contributed by atoms with E-state index in [1.165, 1.54) is 0 Å². The smallest absolute Gasteiger partial charge is 0.450 e. The van der Waals surface area contributed by atoms with Gasteiger partial charge in [0.2, 0.25) is 0 Å². The van der Waals surface area contributed by atoms with Crippen LogP contribution in [0.2, 0.25) is 0 Å². The standard InChI is InChI=1S/C12H27O4P.CH2O3/c1-4-7-10-14-17(13,15-11-8-5-2)16-12-9-6-3;2-1(3)4/h4-12H2,1-3H3;(H2,2,3,4). The zero-order valence-electron chi connectivity index (χ0n) is 13.2. The molecular formula is C13H29O7P. The van der Waals surface area contributed by atoms with E-state index in [1.807, 2.05) is 0 Å². The minimum absolute atomic E-state index is 0.437. The van der Waals surface area contributed by atoms with Crippen LogP contribution in [0.5, 0.6) is 0 Å². The molecule has 0 heterocycles. The summed E-state index contributed by atoms with van der Waals surface area (Å²) in [4.78, 5) is 8.56. The monoisotopic (exact) mass is 328 g/mol. The molecule has 0 fully saturated rings.